The summed E-state index contributed by atoms with van der Waals surface area (Å²) in [5, 5.41) is 6.58. The molecule has 0 aliphatic rings. The largest absolute Gasteiger partial charge is 0.496 e. The second-order valence-electron chi connectivity index (χ2n) is 7.32. The summed E-state index contributed by atoms with van der Waals surface area (Å²) < 4.78 is 11.2. The minimum absolute atomic E-state index is 0.0463. The van der Waals surface area contributed by atoms with E-state index in [0.29, 0.717) is 18.4 Å². The highest BCUT2D eigenvalue weighted by molar-refractivity contribution is 5.79. The van der Waals surface area contributed by atoms with Gasteiger partial charge < -0.3 is 19.8 Å². The van der Waals surface area contributed by atoms with Gasteiger partial charge in [0.15, 0.2) is 5.96 Å². The Morgan fingerprint density at radius 2 is 2.00 bits per heavy atom. The summed E-state index contributed by atoms with van der Waals surface area (Å²) in [6.07, 6.45) is 1.79. The van der Waals surface area contributed by atoms with E-state index < -0.39 is 0 Å². The van der Waals surface area contributed by atoms with E-state index >= 15 is 0 Å². The monoisotopic (exact) mass is 358 g/mol. The van der Waals surface area contributed by atoms with E-state index in [1.165, 1.54) is 5.56 Å². The van der Waals surface area contributed by atoms with Gasteiger partial charge in [-0.2, -0.15) is 0 Å². The maximum Gasteiger partial charge on any atom is 0.213 e. The second kappa shape index (κ2) is 8.74. The van der Waals surface area contributed by atoms with Gasteiger partial charge in [-0.25, -0.2) is 4.98 Å². The van der Waals surface area contributed by atoms with Crippen LogP contribution in [-0.2, 0) is 12.0 Å². The molecule has 0 amide bonds. The van der Waals surface area contributed by atoms with Crippen molar-refractivity contribution in [3.05, 3.63) is 47.7 Å². The summed E-state index contributed by atoms with van der Waals surface area (Å²) in [6.45, 7) is 9.68. The number of hydrogen-bond acceptors (Lipinski definition) is 4. The molecule has 1 aromatic carbocycles. The van der Waals surface area contributed by atoms with E-state index in [1.54, 1.807) is 20.4 Å². The number of para-hydroxylation sites is 1. The fourth-order valence-electron chi connectivity index (χ4n) is 2.55. The summed E-state index contributed by atoms with van der Waals surface area (Å²) in [5.74, 6) is 3.41. The molecular weight excluding hydrogens is 328 g/mol. The third-order valence-corrected chi connectivity index (χ3v) is 4.17. The molecular formula is C20H30N4O2. The average molecular weight is 358 g/mol. The number of aromatic nitrogens is 1. The first kappa shape index (κ1) is 19.8. The van der Waals surface area contributed by atoms with Crippen LogP contribution in [0.2, 0.25) is 0 Å². The molecule has 142 valence electrons. The molecule has 0 aliphatic carbocycles. The van der Waals surface area contributed by atoms with Crippen molar-refractivity contribution < 1.29 is 9.15 Å². The van der Waals surface area contributed by atoms with Gasteiger partial charge in [0.2, 0.25) is 5.89 Å². The Hall–Kier alpha value is -2.50. The number of nitrogens with zero attached hydrogens (tertiary/aromatic N) is 2. The topological polar surface area (TPSA) is 71.7 Å². The molecule has 0 bridgehead atoms. The zero-order valence-corrected chi connectivity index (χ0v) is 16.6. The quantitative estimate of drug-likeness (QED) is 0.611. The predicted octanol–water partition coefficient (Wildman–Crippen LogP) is 3.45. The van der Waals surface area contributed by atoms with Gasteiger partial charge in [0.1, 0.15) is 11.5 Å². The molecule has 1 aromatic heterocycles. The lowest BCUT2D eigenvalue weighted by Gasteiger charge is -2.18. The van der Waals surface area contributed by atoms with Crippen molar-refractivity contribution in [1.82, 2.24) is 15.6 Å². The van der Waals surface area contributed by atoms with E-state index in [9.17, 15) is 0 Å². The number of ether oxygens (including phenoxy) is 1. The molecule has 1 atom stereocenters. The summed E-state index contributed by atoms with van der Waals surface area (Å²) in [4.78, 5) is 8.59. The summed E-state index contributed by atoms with van der Waals surface area (Å²) >= 11 is 0. The highest BCUT2D eigenvalue weighted by Gasteiger charge is 2.19. The van der Waals surface area contributed by atoms with Crippen LogP contribution in [0.1, 0.15) is 50.8 Å². The maximum absolute atomic E-state index is 5.80. The molecule has 2 N–H and O–H groups in total. The molecule has 0 saturated heterocycles. The third kappa shape index (κ3) is 5.25. The number of hydrogen-bond donors (Lipinski definition) is 2. The van der Waals surface area contributed by atoms with Crippen LogP contribution >= 0.6 is 0 Å². The molecule has 6 heteroatoms. The summed E-state index contributed by atoms with van der Waals surface area (Å²) in [7, 11) is 3.45. The van der Waals surface area contributed by atoms with E-state index in [4.69, 9.17) is 9.15 Å². The van der Waals surface area contributed by atoms with Gasteiger partial charge >= 0.3 is 0 Å². The van der Waals surface area contributed by atoms with Crippen LogP contribution in [-0.4, -0.2) is 31.6 Å². The Labute approximate surface area is 156 Å². The number of guanidine groups is 1. The van der Waals surface area contributed by atoms with Crippen LogP contribution in [0.3, 0.4) is 0 Å². The Kier molecular flexibility index (Phi) is 6.66. The average Bonchev–Trinajstić information content (AvgIpc) is 3.11. The maximum atomic E-state index is 5.80. The molecule has 0 aliphatic heterocycles. The van der Waals surface area contributed by atoms with Crippen molar-refractivity contribution in [3.8, 4) is 5.75 Å². The number of aliphatic imine (C=N–C) groups is 1. The van der Waals surface area contributed by atoms with Crippen molar-refractivity contribution in [2.24, 2.45) is 4.99 Å². The Bertz CT molecular complexity index is 731. The first-order chi connectivity index (χ1) is 12.3. The van der Waals surface area contributed by atoms with Crippen LogP contribution in [0.5, 0.6) is 5.75 Å². The molecule has 6 nitrogen and oxygen atoms in total. The highest BCUT2D eigenvalue weighted by Crippen LogP contribution is 2.25. The minimum Gasteiger partial charge on any atom is -0.496 e. The predicted molar refractivity (Wildman–Crippen MR) is 105 cm³/mol. The van der Waals surface area contributed by atoms with Gasteiger partial charge in [-0.3, -0.25) is 4.99 Å². The van der Waals surface area contributed by atoms with Crippen LogP contribution in [0.25, 0.3) is 0 Å². The molecule has 0 saturated carbocycles. The van der Waals surface area contributed by atoms with Gasteiger partial charge in [-0.05, 0) is 11.6 Å². The minimum atomic E-state index is -0.0463. The second-order valence-corrected chi connectivity index (χ2v) is 7.32. The lowest BCUT2D eigenvalue weighted by molar-refractivity contribution is 0.379. The molecule has 1 heterocycles. The van der Waals surface area contributed by atoms with Crippen molar-refractivity contribution in [2.75, 3.05) is 20.7 Å². The SMILES string of the molecule is CN=C(NCc1ncc(C(C)(C)C)o1)NCC(C)c1ccccc1OC. The Morgan fingerprint density at radius 3 is 2.62 bits per heavy atom. The summed E-state index contributed by atoms with van der Waals surface area (Å²) in [5.41, 5.74) is 1.12. The van der Waals surface area contributed by atoms with Crippen molar-refractivity contribution in [2.45, 2.75) is 45.6 Å². The van der Waals surface area contributed by atoms with Crippen LogP contribution in [0.4, 0.5) is 0 Å². The fourth-order valence-corrected chi connectivity index (χ4v) is 2.55. The van der Waals surface area contributed by atoms with Crippen molar-refractivity contribution >= 4 is 5.96 Å². The van der Waals surface area contributed by atoms with Gasteiger partial charge in [-0.1, -0.05) is 45.9 Å². The first-order valence-electron chi connectivity index (χ1n) is 8.87. The smallest absolute Gasteiger partial charge is 0.213 e. The van der Waals surface area contributed by atoms with E-state index in [-0.39, 0.29) is 11.3 Å². The zero-order chi connectivity index (χ0) is 19.2. The van der Waals surface area contributed by atoms with Crippen LogP contribution < -0.4 is 15.4 Å². The van der Waals surface area contributed by atoms with Crippen molar-refractivity contribution in [3.63, 3.8) is 0 Å². The first-order valence-corrected chi connectivity index (χ1v) is 8.87. The highest BCUT2D eigenvalue weighted by atomic mass is 16.5. The van der Waals surface area contributed by atoms with Gasteiger partial charge in [0, 0.05) is 24.9 Å². The zero-order valence-electron chi connectivity index (χ0n) is 16.6. The number of methoxy groups -OCH3 is 1. The third-order valence-electron chi connectivity index (χ3n) is 4.17. The Balaban J connectivity index is 1.89. The normalized spacial score (nSPS) is 13.4. The van der Waals surface area contributed by atoms with Crippen LogP contribution in [0, 0.1) is 0 Å². The number of rotatable bonds is 6. The molecule has 2 aromatic rings. The molecule has 2 rings (SSSR count). The number of benzene rings is 1. The lowest BCUT2D eigenvalue weighted by atomic mass is 9.94. The molecule has 0 spiro atoms. The fraction of sp³-hybridized carbons (Fsp3) is 0.500. The standard InChI is InChI=1S/C20H30N4O2/c1-14(15-9-7-8-10-16(15)25-6)11-23-19(21-5)24-13-18-22-12-17(26-18)20(2,3)4/h7-10,12,14H,11,13H2,1-6H3,(H2,21,23,24). The molecule has 26 heavy (non-hydrogen) atoms. The van der Waals surface area contributed by atoms with E-state index in [0.717, 1.165) is 18.1 Å². The van der Waals surface area contributed by atoms with Gasteiger partial charge in [0.05, 0.1) is 19.9 Å². The van der Waals surface area contributed by atoms with Gasteiger partial charge in [-0.15, -0.1) is 0 Å². The number of nitrogens with one attached hydrogen (secondary N) is 2. The Morgan fingerprint density at radius 1 is 1.27 bits per heavy atom. The molecule has 0 fully saturated rings. The van der Waals surface area contributed by atoms with Crippen LogP contribution in [0.15, 0.2) is 39.9 Å². The summed E-state index contributed by atoms with van der Waals surface area (Å²) in [6, 6.07) is 8.07. The van der Waals surface area contributed by atoms with E-state index in [1.807, 2.05) is 18.2 Å². The molecule has 1 unspecified atom stereocenters. The van der Waals surface area contributed by atoms with Crippen molar-refractivity contribution in [1.29, 1.82) is 0 Å². The lowest BCUT2D eigenvalue weighted by Crippen LogP contribution is -2.38. The van der Waals surface area contributed by atoms with Gasteiger partial charge in [0.25, 0.3) is 0 Å². The molecule has 0 radical (unpaired) electrons. The number of oxazole rings is 1. The van der Waals surface area contributed by atoms with E-state index in [2.05, 4.69) is 54.4 Å².